The standard InChI is InChI=1S/C23H21ClF2N2O6/c1-12-15(10-20(29)27-8-7-21(30)31)16-9-19(33-2)17(24)11-18(16)28(12)22(32)13-3-5-14(6-4-13)34-23(25)26/h3-6,9,11,23H,7-8,10H2,1-2H3,(H,27,29)(H,30,31). The minimum absolute atomic E-state index is 0.0347. The topological polar surface area (TPSA) is 107 Å². The number of methoxy groups -OCH3 is 1. The molecule has 0 saturated heterocycles. The van der Waals surface area contributed by atoms with E-state index < -0.39 is 24.4 Å². The van der Waals surface area contributed by atoms with E-state index in [2.05, 4.69) is 10.1 Å². The number of aliphatic carboxylic acids is 1. The number of nitrogens with zero attached hydrogens (tertiary/aromatic N) is 1. The zero-order valence-electron chi connectivity index (χ0n) is 18.2. The first-order chi connectivity index (χ1) is 16.1. The van der Waals surface area contributed by atoms with Gasteiger partial charge in [0.15, 0.2) is 0 Å². The molecule has 0 aliphatic carbocycles. The van der Waals surface area contributed by atoms with E-state index in [1.54, 1.807) is 19.1 Å². The summed E-state index contributed by atoms with van der Waals surface area (Å²) < 4.78 is 35.8. The van der Waals surface area contributed by atoms with Crippen LogP contribution < -0.4 is 14.8 Å². The summed E-state index contributed by atoms with van der Waals surface area (Å²) in [5.74, 6) is -1.67. The molecule has 11 heteroatoms. The van der Waals surface area contributed by atoms with Crippen molar-refractivity contribution in [1.82, 2.24) is 9.88 Å². The molecule has 3 rings (SSSR count). The summed E-state index contributed by atoms with van der Waals surface area (Å²) in [5, 5.41) is 12.1. The van der Waals surface area contributed by atoms with Crippen LogP contribution in [0.1, 0.15) is 28.0 Å². The van der Waals surface area contributed by atoms with Crippen molar-refractivity contribution in [3.8, 4) is 11.5 Å². The molecule has 0 spiro atoms. The Kier molecular flexibility index (Phi) is 7.72. The Morgan fingerprint density at radius 2 is 1.85 bits per heavy atom. The van der Waals surface area contributed by atoms with Crippen LogP contribution in [-0.2, 0) is 16.0 Å². The second-order valence-corrected chi connectivity index (χ2v) is 7.69. The monoisotopic (exact) mass is 494 g/mol. The lowest BCUT2D eigenvalue weighted by atomic mass is 10.1. The van der Waals surface area contributed by atoms with Gasteiger partial charge in [0.1, 0.15) is 11.5 Å². The van der Waals surface area contributed by atoms with Gasteiger partial charge in [0, 0.05) is 23.2 Å². The first-order valence-corrected chi connectivity index (χ1v) is 10.5. The highest BCUT2D eigenvalue weighted by Crippen LogP contribution is 2.35. The van der Waals surface area contributed by atoms with Crippen molar-refractivity contribution in [1.29, 1.82) is 0 Å². The van der Waals surface area contributed by atoms with Crippen LogP contribution in [-0.4, -0.2) is 47.7 Å². The molecule has 34 heavy (non-hydrogen) atoms. The van der Waals surface area contributed by atoms with Gasteiger partial charge in [0.05, 0.1) is 30.5 Å². The third-order valence-corrected chi connectivity index (χ3v) is 5.43. The summed E-state index contributed by atoms with van der Waals surface area (Å²) in [5.41, 5.74) is 1.62. The lowest BCUT2D eigenvalue weighted by Gasteiger charge is -2.10. The maximum absolute atomic E-state index is 13.4. The van der Waals surface area contributed by atoms with E-state index in [-0.39, 0.29) is 35.7 Å². The van der Waals surface area contributed by atoms with E-state index in [0.717, 1.165) is 0 Å². The number of aromatic nitrogens is 1. The minimum atomic E-state index is -2.99. The number of halogens is 3. The molecule has 0 unspecified atom stereocenters. The molecule has 3 aromatic rings. The van der Waals surface area contributed by atoms with E-state index in [1.165, 1.54) is 35.9 Å². The summed E-state index contributed by atoms with van der Waals surface area (Å²) >= 11 is 6.29. The van der Waals surface area contributed by atoms with Gasteiger partial charge < -0.3 is 19.9 Å². The highest BCUT2D eigenvalue weighted by Gasteiger charge is 2.23. The Hall–Kier alpha value is -3.66. The minimum Gasteiger partial charge on any atom is -0.495 e. The van der Waals surface area contributed by atoms with E-state index in [1.807, 2.05) is 0 Å². The van der Waals surface area contributed by atoms with E-state index in [0.29, 0.717) is 27.9 Å². The Morgan fingerprint density at radius 3 is 2.44 bits per heavy atom. The lowest BCUT2D eigenvalue weighted by Crippen LogP contribution is -2.27. The number of ether oxygens (including phenoxy) is 2. The van der Waals surface area contributed by atoms with Crippen LogP contribution >= 0.6 is 11.6 Å². The number of rotatable bonds is 9. The third-order valence-electron chi connectivity index (χ3n) is 5.14. The summed E-state index contributed by atoms with van der Waals surface area (Å²) in [6, 6.07) is 8.39. The van der Waals surface area contributed by atoms with E-state index >= 15 is 0 Å². The van der Waals surface area contributed by atoms with Crippen LogP contribution in [0.25, 0.3) is 10.9 Å². The second-order valence-electron chi connectivity index (χ2n) is 7.28. The van der Waals surface area contributed by atoms with Crippen molar-refractivity contribution in [2.75, 3.05) is 13.7 Å². The van der Waals surface area contributed by atoms with E-state index in [4.69, 9.17) is 21.4 Å². The van der Waals surface area contributed by atoms with Crippen LogP contribution in [0.5, 0.6) is 11.5 Å². The molecule has 1 amide bonds. The smallest absolute Gasteiger partial charge is 0.387 e. The zero-order chi connectivity index (χ0) is 25.0. The van der Waals surface area contributed by atoms with Crippen molar-refractivity contribution in [2.45, 2.75) is 26.4 Å². The Morgan fingerprint density at radius 1 is 1.18 bits per heavy atom. The van der Waals surface area contributed by atoms with Gasteiger partial charge in [-0.1, -0.05) is 11.6 Å². The molecular formula is C23H21ClF2N2O6. The van der Waals surface area contributed by atoms with Crippen LogP contribution in [0, 0.1) is 6.92 Å². The molecule has 2 N–H and O–H groups in total. The first kappa shape index (κ1) is 25.0. The maximum Gasteiger partial charge on any atom is 0.387 e. The molecule has 0 aliphatic heterocycles. The molecule has 0 saturated carbocycles. The highest BCUT2D eigenvalue weighted by atomic mass is 35.5. The van der Waals surface area contributed by atoms with Crippen molar-refractivity contribution < 1.29 is 37.7 Å². The molecule has 0 atom stereocenters. The number of hydrogen-bond donors (Lipinski definition) is 2. The van der Waals surface area contributed by atoms with Gasteiger partial charge in [-0.15, -0.1) is 0 Å². The second kappa shape index (κ2) is 10.5. The van der Waals surface area contributed by atoms with Gasteiger partial charge in [-0.25, -0.2) is 0 Å². The molecule has 180 valence electrons. The molecule has 1 aromatic heterocycles. The fraction of sp³-hybridized carbons (Fsp3) is 0.261. The molecule has 0 bridgehead atoms. The maximum atomic E-state index is 13.4. The number of carbonyl (C=O) groups excluding carboxylic acids is 2. The zero-order valence-corrected chi connectivity index (χ0v) is 19.0. The molecule has 8 nitrogen and oxygen atoms in total. The number of alkyl halides is 2. The van der Waals surface area contributed by atoms with Gasteiger partial charge in [0.25, 0.3) is 5.91 Å². The molecular weight excluding hydrogens is 474 g/mol. The number of carboxylic acid groups (broad SMARTS) is 1. The number of fused-ring (bicyclic) bond motifs is 1. The van der Waals surface area contributed by atoms with Crippen molar-refractivity contribution >= 4 is 40.3 Å². The summed E-state index contributed by atoms with van der Waals surface area (Å²) in [4.78, 5) is 36.5. The number of benzene rings is 2. The number of nitrogens with one attached hydrogen (secondary N) is 1. The number of carbonyl (C=O) groups is 3. The summed E-state index contributed by atoms with van der Waals surface area (Å²) in [7, 11) is 1.43. The van der Waals surface area contributed by atoms with Crippen LogP contribution in [0.4, 0.5) is 8.78 Å². The van der Waals surface area contributed by atoms with Gasteiger partial charge in [-0.2, -0.15) is 8.78 Å². The van der Waals surface area contributed by atoms with Gasteiger partial charge >= 0.3 is 12.6 Å². The fourth-order valence-corrected chi connectivity index (χ4v) is 3.80. The Bertz CT molecular complexity index is 1240. The normalized spacial score (nSPS) is 11.0. The lowest BCUT2D eigenvalue weighted by molar-refractivity contribution is -0.136. The number of hydrogen-bond acceptors (Lipinski definition) is 5. The molecule has 0 fully saturated rings. The third kappa shape index (κ3) is 5.45. The molecule has 2 aromatic carbocycles. The Labute approximate surface area is 198 Å². The fourth-order valence-electron chi connectivity index (χ4n) is 3.56. The van der Waals surface area contributed by atoms with Crippen molar-refractivity contribution in [3.05, 3.63) is 58.2 Å². The average Bonchev–Trinajstić information content (AvgIpc) is 3.02. The average molecular weight is 495 g/mol. The van der Waals surface area contributed by atoms with Crippen LogP contribution in [0.2, 0.25) is 5.02 Å². The number of carboxylic acids is 1. The van der Waals surface area contributed by atoms with Gasteiger partial charge in [0.2, 0.25) is 5.91 Å². The predicted molar refractivity (Wildman–Crippen MR) is 120 cm³/mol. The van der Waals surface area contributed by atoms with Crippen molar-refractivity contribution in [2.24, 2.45) is 0 Å². The predicted octanol–water partition coefficient (Wildman–Crippen LogP) is 4.04. The molecule has 0 radical (unpaired) electrons. The first-order valence-electron chi connectivity index (χ1n) is 10.1. The number of amides is 1. The van der Waals surface area contributed by atoms with Gasteiger partial charge in [-0.3, -0.25) is 19.0 Å². The molecule has 1 heterocycles. The summed E-state index contributed by atoms with van der Waals surface area (Å²) in [6.45, 7) is -1.36. The Balaban J connectivity index is 2.03. The molecule has 0 aliphatic rings. The van der Waals surface area contributed by atoms with E-state index in [9.17, 15) is 23.2 Å². The SMILES string of the molecule is COc1cc2c(CC(=O)NCCC(=O)O)c(C)n(C(=O)c3ccc(OC(F)F)cc3)c2cc1Cl. The summed E-state index contributed by atoms with van der Waals surface area (Å²) in [6.07, 6.45) is -0.339. The van der Waals surface area contributed by atoms with Gasteiger partial charge in [-0.05, 0) is 48.9 Å². The van der Waals surface area contributed by atoms with Crippen LogP contribution in [0.3, 0.4) is 0 Å². The van der Waals surface area contributed by atoms with Crippen molar-refractivity contribution in [3.63, 3.8) is 0 Å². The largest absolute Gasteiger partial charge is 0.495 e. The van der Waals surface area contributed by atoms with Crippen LogP contribution in [0.15, 0.2) is 36.4 Å². The quantitative estimate of drug-likeness (QED) is 0.465. The highest BCUT2D eigenvalue weighted by molar-refractivity contribution is 6.33.